The van der Waals surface area contributed by atoms with Gasteiger partial charge in [-0.1, -0.05) is 30.9 Å². The van der Waals surface area contributed by atoms with Crippen LogP contribution in [-0.4, -0.2) is 37.3 Å². The molecule has 0 spiro atoms. The predicted molar refractivity (Wildman–Crippen MR) is 72.2 cm³/mol. The van der Waals surface area contributed by atoms with Crippen molar-refractivity contribution < 1.29 is 27.0 Å². The molecule has 0 saturated carbocycles. The van der Waals surface area contributed by atoms with E-state index < -0.39 is 10.4 Å². The maximum atomic E-state index is 8.74. The fraction of sp³-hybridized carbons (Fsp3) is 0.273. The molecule has 5 N–H and O–H groups in total. The Kier molecular flexibility index (Phi) is 12.2. The van der Waals surface area contributed by atoms with Gasteiger partial charge in [-0.05, 0) is 12.1 Å². The smallest absolute Gasteiger partial charge is 0.394 e. The molecule has 1 aliphatic heterocycles. The van der Waals surface area contributed by atoms with Gasteiger partial charge in [-0.3, -0.25) is 9.11 Å². The predicted octanol–water partition coefficient (Wildman–Crippen LogP) is 1.78. The molecule has 0 radical (unpaired) electrons. The van der Waals surface area contributed by atoms with Crippen molar-refractivity contribution in [1.29, 1.82) is 0 Å². The van der Waals surface area contributed by atoms with Gasteiger partial charge < -0.3 is 15.6 Å². The second kappa shape index (κ2) is 11.6. The summed E-state index contributed by atoms with van der Waals surface area (Å²) in [6, 6.07) is 9.69. The Hall–Kier alpha value is -1.45. The Labute approximate surface area is 113 Å². The molecular formula is C11H19NO6S. The fourth-order valence-corrected chi connectivity index (χ4v) is 0.672. The van der Waals surface area contributed by atoms with E-state index in [4.69, 9.17) is 22.3 Å². The highest BCUT2D eigenvalue weighted by molar-refractivity contribution is 7.79. The van der Waals surface area contributed by atoms with E-state index in [9.17, 15) is 0 Å². The summed E-state index contributed by atoms with van der Waals surface area (Å²) >= 11 is 0. The number of hydrogen-bond donors (Lipinski definition) is 3. The Balaban J connectivity index is 0. The molecular weight excluding hydrogens is 274 g/mol. The lowest BCUT2D eigenvalue weighted by Gasteiger charge is -1.99. The normalized spacial score (nSPS) is 11.5. The third-order valence-electron chi connectivity index (χ3n) is 1.32. The molecule has 0 aromatic heterocycles. The fourth-order valence-electron chi connectivity index (χ4n) is 0.672. The topological polar surface area (TPSA) is 131 Å². The second-order valence-electron chi connectivity index (χ2n) is 2.97. The monoisotopic (exact) mass is 293 g/mol. The molecule has 0 atom stereocenters. The molecule has 1 aliphatic rings. The van der Waals surface area contributed by atoms with Crippen LogP contribution in [0.1, 0.15) is 0 Å². The van der Waals surface area contributed by atoms with E-state index in [1.165, 1.54) is 0 Å². The van der Waals surface area contributed by atoms with Crippen molar-refractivity contribution in [3.8, 4) is 5.75 Å². The van der Waals surface area contributed by atoms with E-state index in [-0.39, 0.29) is 6.15 Å². The van der Waals surface area contributed by atoms with Crippen LogP contribution in [0.15, 0.2) is 43.0 Å². The average Bonchev–Trinajstić information content (AvgIpc) is 3.13. The van der Waals surface area contributed by atoms with Crippen LogP contribution in [-0.2, 0) is 15.1 Å². The summed E-state index contributed by atoms with van der Waals surface area (Å²) in [4.78, 5) is 0. The number of benzene rings is 1. The van der Waals surface area contributed by atoms with Crippen molar-refractivity contribution in [2.24, 2.45) is 0 Å². The van der Waals surface area contributed by atoms with E-state index in [2.05, 4.69) is 11.3 Å². The third-order valence-corrected chi connectivity index (χ3v) is 1.32. The summed E-state index contributed by atoms with van der Waals surface area (Å²) in [5.41, 5.74) is 0. The summed E-state index contributed by atoms with van der Waals surface area (Å²) in [6.07, 6.45) is 1.73. The molecule has 2 rings (SSSR count). The van der Waals surface area contributed by atoms with Crippen molar-refractivity contribution in [2.75, 3.05) is 19.8 Å². The lowest BCUT2D eigenvalue weighted by Crippen LogP contribution is -1.91. The lowest BCUT2D eigenvalue weighted by atomic mass is 10.3. The van der Waals surface area contributed by atoms with Crippen LogP contribution in [0, 0.1) is 0 Å². The van der Waals surface area contributed by atoms with Crippen molar-refractivity contribution in [3.63, 3.8) is 0 Å². The van der Waals surface area contributed by atoms with Gasteiger partial charge in [-0.15, -0.1) is 0 Å². The maximum Gasteiger partial charge on any atom is 0.394 e. The minimum Gasteiger partial charge on any atom is -0.490 e. The van der Waals surface area contributed by atoms with Crippen LogP contribution in [0.25, 0.3) is 0 Å². The Morgan fingerprint density at radius 3 is 2.00 bits per heavy atom. The first kappa shape index (κ1) is 19.9. The van der Waals surface area contributed by atoms with E-state index >= 15 is 0 Å². The van der Waals surface area contributed by atoms with Crippen molar-refractivity contribution in [2.45, 2.75) is 0 Å². The molecule has 1 aromatic carbocycles. The van der Waals surface area contributed by atoms with Crippen LogP contribution in [0.5, 0.6) is 5.75 Å². The van der Waals surface area contributed by atoms with Crippen LogP contribution in [0.3, 0.4) is 0 Å². The molecule has 110 valence electrons. The minimum absolute atomic E-state index is 0. The van der Waals surface area contributed by atoms with E-state index in [1.807, 2.05) is 30.3 Å². The Morgan fingerprint density at radius 2 is 1.68 bits per heavy atom. The molecule has 1 saturated heterocycles. The van der Waals surface area contributed by atoms with Crippen LogP contribution >= 0.6 is 0 Å². The van der Waals surface area contributed by atoms with Gasteiger partial charge in [-0.2, -0.15) is 8.42 Å². The van der Waals surface area contributed by atoms with E-state index in [0.717, 1.165) is 19.0 Å². The zero-order valence-corrected chi connectivity index (χ0v) is 11.3. The van der Waals surface area contributed by atoms with E-state index in [0.29, 0.717) is 6.61 Å². The van der Waals surface area contributed by atoms with Gasteiger partial charge in [0.25, 0.3) is 0 Å². The molecule has 1 aromatic rings. The van der Waals surface area contributed by atoms with E-state index in [1.54, 1.807) is 6.08 Å². The number of rotatable bonds is 3. The third kappa shape index (κ3) is 26.3. The average molecular weight is 293 g/mol. The Bertz CT molecular complexity index is 407. The van der Waals surface area contributed by atoms with Gasteiger partial charge in [0.05, 0.1) is 13.2 Å². The number of ether oxygens (including phenoxy) is 2. The van der Waals surface area contributed by atoms with Gasteiger partial charge in [0.15, 0.2) is 0 Å². The number of epoxide rings is 1. The number of hydrogen-bond acceptors (Lipinski definition) is 5. The minimum atomic E-state index is -4.67. The Morgan fingerprint density at radius 1 is 1.26 bits per heavy atom. The molecule has 0 bridgehead atoms. The van der Waals surface area contributed by atoms with Crippen molar-refractivity contribution in [1.82, 2.24) is 6.15 Å². The standard InChI is InChI=1S/C9H10O.C2H4O.H3N.H2O4S/c1-2-8-10-9-6-4-3-5-7-9;1-2-3-1;;1-5(2,3)4/h2-7H,1,8H2;1-2H2;1H3;(H2,1,2,3,4). The summed E-state index contributed by atoms with van der Waals surface area (Å²) in [5, 5.41) is 0. The zero-order chi connectivity index (χ0) is 13.9. The summed E-state index contributed by atoms with van der Waals surface area (Å²) < 4.78 is 41.3. The van der Waals surface area contributed by atoms with Crippen LogP contribution in [0.4, 0.5) is 0 Å². The first-order valence-corrected chi connectivity index (χ1v) is 6.39. The molecule has 1 heterocycles. The van der Waals surface area contributed by atoms with Gasteiger partial charge in [0.1, 0.15) is 12.4 Å². The highest BCUT2D eigenvalue weighted by atomic mass is 32.3. The zero-order valence-electron chi connectivity index (χ0n) is 10.4. The number of para-hydroxylation sites is 1. The summed E-state index contributed by atoms with van der Waals surface area (Å²) in [5.74, 6) is 0.891. The molecule has 0 aliphatic carbocycles. The van der Waals surface area contributed by atoms with Crippen molar-refractivity contribution in [3.05, 3.63) is 43.0 Å². The molecule has 0 amide bonds. The quantitative estimate of drug-likeness (QED) is 0.439. The molecule has 1 fully saturated rings. The molecule has 19 heavy (non-hydrogen) atoms. The summed E-state index contributed by atoms with van der Waals surface area (Å²) in [7, 11) is -4.67. The molecule has 7 nitrogen and oxygen atoms in total. The molecule has 8 heteroatoms. The first-order valence-electron chi connectivity index (χ1n) is 5.00. The highest BCUT2D eigenvalue weighted by Gasteiger charge is 1.94. The van der Waals surface area contributed by atoms with Gasteiger partial charge in [-0.25, -0.2) is 0 Å². The van der Waals surface area contributed by atoms with Crippen LogP contribution < -0.4 is 10.9 Å². The molecule has 0 unspecified atom stereocenters. The lowest BCUT2D eigenvalue weighted by molar-refractivity contribution is 0.363. The SMILES string of the molecule is C1CO1.C=CCOc1ccccc1.N.O=S(=O)(O)O. The van der Waals surface area contributed by atoms with Gasteiger partial charge >= 0.3 is 10.4 Å². The van der Waals surface area contributed by atoms with Crippen LogP contribution in [0.2, 0.25) is 0 Å². The van der Waals surface area contributed by atoms with Crippen molar-refractivity contribution >= 4 is 10.4 Å². The van der Waals surface area contributed by atoms with Gasteiger partial charge in [0.2, 0.25) is 0 Å². The first-order chi connectivity index (χ1) is 8.43. The summed E-state index contributed by atoms with van der Waals surface area (Å²) in [6.45, 7) is 6.12. The maximum absolute atomic E-state index is 8.74. The largest absolute Gasteiger partial charge is 0.490 e. The highest BCUT2D eigenvalue weighted by Crippen LogP contribution is 2.07. The second-order valence-corrected chi connectivity index (χ2v) is 3.87. The van der Waals surface area contributed by atoms with Gasteiger partial charge in [0, 0.05) is 0 Å².